The Balaban J connectivity index is 0.000000227. The fourth-order valence-electron chi connectivity index (χ4n) is 17.6. The van der Waals surface area contributed by atoms with Crippen molar-refractivity contribution in [3.8, 4) is 0 Å². The monoisotopic (exact) mass is 1820 g/mol. The summed E-state index contributed by atoms with van der Waals surface area (Å²) in [6.45, 7) is 11.2. The molecule has 0 saturated heterocycles. The normalized spacial score (nSPS) is 16.2. The minimum atomic E-state index is -5.17. The molecule has 2 saturated carbocycles. The number of hydrogen-bond donors (Lipinski definition) is 5. The van der Waals surface area contributed by atoms with E-state index in [9.17, 15) is 94.1 Å². The van der Waals surface area contributed by atoms with Gasteiger partial charge in [0, 0.05) is 99.7 Å². The number of fused-ring (bicyclic) bond motifs is 3. The Morgan fingerprint density at radius 3 is 1.00 bits per heavy atom. The number of aliphatic hydroxyl groups excluding tert-OH is 1. The summed E-state index contributed by atoms with van der Waals surface area (Å²) < 4.78 is 98.6. The van der Waals surface area contributed by atoms with Crippen LogP contribution in [-0.4, -0.2) is 117 Å². The standard InChI is InChI=1S/C39H46F3NO6.C39H44F3NO6.C28H31NO5/c2*1-25(2)19-30(35(45)23-31(37(47)39(40,41)42)20-29-14-7-9-18-34(29)44)22-36(46)33(43-38(48)49-24-26-11-4-3-5-12-26)21-28-16-10-15-27-13-6-8-17-32(27)28;1-19(2)15-23(27(31)32)17-26(30)25(29-28(33)34-18-20-9-4-3-5-10-20)16-22-13-8-12-21-11-6-7-14-24(21)22/h3-6,8,10-13,15-17,25,29-31,33,37,47H,7,9,14,18-24H2,1-2H3,(H,43,48);3-6,8,10-13,15-17,25,29-31,33H,7,9,14,18-24H2,1-2H3,(H,43,48);3-14,19,23,25H,15-18H2,1-2H3,(H,29,33)(H,31,32)/t29-,30+,31+,33-,37?;29-,30+,31+,33-;23-,25+/m001/s1. The number of halogens is 6. The number of benzene rings is 9. The first kappa shape index (κ1) is 104. The van der Waals surface area contributed by atoms with Crippen molar-refractivity contribution < 1.29 is 108 Å². The second kappa shape index (κ2) is 51.1. The van der Waals surface area contributed by atoms with Crippen molar-refractivity contribution in [2.75, 3.05) is 0 Å². The van der Waals surface area contributed by atoms with Crippen LogP contribution in [0.1, 0.15) is 190 Å². The van der Waals surface area contributed by atoms with E-state index in [2.05, 4.69) is 16.0 Å². The fourth-order valence-corrected chi connectivity index (χ4v) is 17.6. The van der Waals surface area contributed by atoms with Gasteiger partial charge in [-0.1, -0.05) is 273 Å². The van der Waals surface area contributed by atoms with Gasteiger partial charge in [0.2, 0.25) is 5.78 Å². The van der Waals surface area contributed by atoms with Crippen molar-refractivity contribution in [2.24, 2.45) is 59.2 Å². The Labute approximate surface area is 766 Å². The Kier molecular flexibility index (Phi) is 40.1. The third-order valence-electron chi connectivity index (χ3n) is 24.3. The molecule has 9 aromatic carbocycles. The van der Waals surface area contributed by atoms with Gasteiger partial charge < -0.3 is 40.4 Å². The van der Waals surface area contributed by atoms with E-state index in [0.717, 1.165) is 65.7 Å². The van der Waals surface area contributed by atoms with Crippen LogP contribution in [0, 0.1) is 59.2 Å². The largest absolute Gasteiger partial charge is 0.481 e. The molecule has 0 bridgehead atoms. The SMILES string of the molecule is CC(C)C[C@H](CC(=O)[C@H](Cc1cccc2ccccc12)NC(=O)OCc1ccccc1)C(=O)C[C@@H](C[C@@H]1CCCCC1=O)C(=O)C(F)(F)F.CC(C)C[C@H](CC(=O)[C@H](Cc1cccc2ccccc12)NC(=O)OCc1ccccc1)C(=O)C[C@@H](C[C@@H]1CCCCC1=O)C(O)C(F)(F)F.CC(C)C[C@H](CC(=O)[C@H](Cc1cccc2ccccc12)NC(=O)OCc1ccccc1)C(=O)O. The van der Waals surface area contributed by atoms with Crippen molar-refractivity contribution in [2.45, 2.75) is 233 Å². The first-order valence-corrected chi connectivity index (χ1v) is 45.6. The van der Waals surface area contributed by atoms with E-state index in [1.807, 2.05) is 211 Å². The number of ether oxygens (including phenoxy) is 3. The maximum Gasteiger partial charge on any atom is 0.450 e. The zero-order valence-electron chi connectivity index (χ0n) is 75.6. The molecule has 2 fully saturated rings. The van der Waals surface area contributed by atoms with Gasteiger partial charge in [0.1, 0.15) is 43.0 Å². The highest BCUT2D eigenvalue weighted by Gasteiger charge is 2.48. The number of carbonyl (C=O) groups excluding carboxylic acids is 11. The second-order valence-electron chi connectivity index (χ2n) is 36.1. The number of amides is 3. The molecule has 0 heterocycles. The zero-order valence-corrected chi connectivity index (χ0v) is 75.6. The predicted octanol–water partition coefficient (Wildman–Crippen LogP) is 21.5. The second-order valence-corrected chi connectivity index (χ2v) is 36.1. The smallest absolute Gasteiger partial charge is 0.450 e. The highest BCUT2D eigenvalue weighted by molar-refractivity contribution is 5.98. The number of carboxylic acids is 1. The number of alkyl halides is 6. The zero-order chi connectivity index (χ0) is 95.6. The van der Waals surface area contributed by atoms with Crippen molar-refractivity contribution >= 4 is 103 Å². The van der Waals surface area contributed by atoms with Crippen molar-refractivity contribution in [1.82, 2.24) is 16.0 Å². The van der Waals surface area contributed by atoms with Gasteiger partial charge in [-0.3, -0.25) is 43.2 Å². The summed E-state index contributed by atoms with van der Waals surface area (Å²) in [5.74, 6) is -13.2. The van der Waals surface area contributed by atoms with Crippen LogP contribution < -0.4 is 16.0 Å². The highest BCUT2D eigenvalue weighted by atomic mass is 19.4. The molecule has 132 heavy (non-hydrogen) atoms. The third-order valence-corrected chi connectivity index (χ3v) is 24.3. The van der Waals surface area contributed by atoms with Crippen LogP contribution >= 0.6 is 0 Å². The number of ketones is 8. The molecule has 2 aliphatic carbocycles. The highest BCUT2D eigenvalue weighted by Crippen LogP contribution is 2.39. The quantitative estimate of drug-likeness (QED) is 0.0175. The average Bonchev–Trinajstić information content (AvgIpc) is 0.824. The summed E-state index contributed by atoms with van der Waals surface area (Å²) in [6.07, 6.45) is -12.8. The maximum atomic E-state index is 14.0. The van der Waals surface area contributed by atoms with Gasteiger partial charge in [0.05, 0.1) is 24.0 Å². The molecule has 0 aromatic heterocycles. The summed E-state index contributed by atoms with van der Waals surface area (Å²) in [5, 5.41) is 33.6. The van der Waals surface area contributed by atoms with E-state index in [1.54, 1.807) is 48.5 Å². The number of Topliss-reactive ketones (excluding diaryl/α,β-unsaturated/α-hetero) is 8. The summed E-state index contributed by atoms with van der Waals surface area (Å²) >= 11 is 0. The minimum Gasteiger partial charge on any atom is -0.481 e. The summed E-state index contributed by atoms with van der Waals surface area (Å²) in [5.41, 5.74) is 4.79. The van der Waals surface area contributed by atoms with Crippen LogP contribution in [0.3, 0.4) is 0 Å². The van der Waals surface area contributed by atoms with Gasteiger partial charge in [0.15, 0.2) is 23.5 Å². The number of aliphatic carboxylic acids is 1. The topological polar surface area (TPSA) is 309 Å². The number of nitrogens with one attached hydrogen (secondary N) is 3. The van der Waals surface area contributed by atoms with E-state index >= 15 is 0 Å². The van der Waals surface area contributed by atoms with Crippen molar-refractivity contribution in [1.29, 1.82) is 0 Å². The Hall–Kier alpha value is -12.1. The fraction of sp³-hybridized carbons (Fsp3) is 0.434. The van der Waals surface area contributed by atoms with Gasteiger partial charge in [-0.25, -0.2) is 14.4 Å². The van der Waals surface area contributed by atoms with Gasteiger partial charge in [-0.2, -0.15) is 26.3 Å². The molecule has 704 valence electrons. The van der Waals surface area contributed by atoms with Gasteiger partial charge in [-0.15, -0.1) is 0 Å². The molecular weight excluding hydrogens is 1700 g/mol. The first-order valence-electron chi connectivity index (χ1n) is 45.6. The summed E-state index contributed by atoms with van der Waals surface area (Å²) in [7, 11) is 0. The number of alkyl carbamates (subject to hydrolysis) is 3. The van der Waals surface area contributed by atoms with Crippen LogP contribution in [0.4, 0.5) is 40.7 Å². The molecule has 20 nitrogen and oxygen atoms in total. The number of hydrogen-bond acceptors (Lipinski definition) is 16. The third kappa shape index (κ3) is 33.3. The van der Waals surface area contributed by atoms with Gasteiger partial charge in [0.25, 0.3) is 0 Å². The molecule has 0 radical (unpaired) electrons. The van der Waals surface area contributed by atoms with E-state index in [0.29, 0.717) is 44.9 Å². The number of carboxylic acid groups (broad SMARTS) is 1. The lowest BCUT2D eigenvalue weighted by atomic mass is 9.76. The van der Waals surface area contributed by atoms with E-state index in [1.165, 1.54) is 0 Å². The molecule has 0 spiro atoms. The van der Waals surface area contributed by atoms with Crippen molar-refractivity contribution in [3.63, 3.8) is 0 Å². The lowest BCUT2D eigenvalue weighted by Gasteiger charge is -2.30. The number of carbonyl (C=O) groups is 12. The molecule has 2 aliphatic rings. The van der Waals surface area contributed by atoms with Gasteiger partial charge in [-0.05, 0) is 141 Å². The molecule has 11 rings (SSSR count). The van der Waals surface area contributed by atoms with Crippen molar-refractivity contribution in [3.05, 3.63) is 252 Å². The molecule has 0 aliphatic heterocycles. The molecular formula is C106H121F6N3O17. The molecule has 5 N–H and O–H groups in total. The lowest BCUT2D eigenvalue weighted by Crippen LogP contribution is -2.44. The molecule has 3 amide bonds. The van der Waals surface area contributed by atoms with E-state index < -0.39 is 144 Å². The Bertz CT molecular complexity index is 5340. The van der Waals surface area contributed by atoms with Gasteiger partial charge >= 0.3 is 36.6 Å². The minimum absolute atomic E-state index is 0.0251. The summed E-state index contributed by atoms with van der Waals surface area (Å²) in [6, 6.07) is 64.3. The summed E-state index contributed by atoms with van der Waals surface area (Å²) in [4.78, 5) is 157. The van der Waals surface area contributed by atoms with E-state index in [-0.39, 0.29) is 132 Å². The molecule has 9 aromatic rings. The molecule has 26 heteroatoms. The first-order chi connectivity index (χ1) is 63.0. The van der Waals surface area contributed by atoms with Crippen LogP contribution in [0.15, 0.2) is 218 Å². The van der Waals surface area contributed by atoms with Crippen LogP contribution in [0.2, 0.25) is 0 Å². The predicted molar refractivity (Wildman–Crippen MR) is 491 cm³/mol. The van der Waals surface area contributed by atoms with E-state index in [4.69, 9.17) is 14.2 Å². The number of rotatable bonds is 43. The molecule has 1 unspecified atom stereocenters. The maximum absolute atomic E-state index is 14.0. The number of aliphatic hydroxyl groups is 1. The van der Waals surface area contributed by atoms with Crippen LogP contribution in [-0.2, 0) is 96.4 Å². The molecule has 11 atom stereocenters. The van der Waals surface area contributed by atoms with Crippen LogP contribution in [0.25, 0.3) is 32.3 Å². The van der Waals surface area contributed by atoms with Crippen LogP contribution in [0.5, 0.6) is 0 Å². The lowest BCUT2D eigenvalue weighted by molar-refractivity contribution is -0.221. The Morgan fingerprint density at radius 2 is 0.674 bits per heavy atom. The average molecular weight is 1820 g/mol. The Morgan fingerprint density at radius 1 is 0.371 bits per heavy atom.